The van der Waals surface area contributed by atoms with Gasteiger partial charge < -0.3 is 15.0 Å². The van der Waals surface area contributed by atoms with Crippen LogP contribution < -0.4 is 10.1 Å². The number of nitrogens with one attached hydrogen (secondary N) is 2. The molecule has 2 aromatic carbocycles. The topological polar surface area (TPSA) is 54.1 Å². The van der Waals surface area contributed by atoms with Crippen molar-refractivity contribution in [3.8, 4) is 5.75 Å². The lowest BCUT2D eigenvalue weighted by Crippen LogP contribution is -2.14. The standard InChI is InChI=1S/C17H14Cl2N2O2/c1-9-11-8-10(23-2)6-7-14(11)20-15(9)17(22)21-16-12(18)4-3-5-13(16)19/h3-8,20H,1-2H3,(H,21,22). The zero-order chi connectivity index (χ0) is 16.6. The fourth-order valence-corrected chi connectivity index (χ4v) is 2.94. The first kappa shape index (κ1) is 15.7. The number of para-hydroxylation sites is 1. The molecule has 4 nitrogen and oxygen atoms in total. The monoisotopic (exact) mass is 348 g/mol. The van der Waals surface area contributed by atoms with Gasteiger partial charge in [-0.05, 0) is 42.8 Å². The van der Waals surface area contributed by atoms with Gasteiger partial charge in [0, 0.05) is 10.9 Å². The van der Waals surface area contributed by atoms with E-state index in [9.17, 15) is 4.79 Å². The first-order valence-corrected chi connectivity index (χ1v) is 7.68. The van der Waals surface area contributed by atoms with E-state index in [0.717, 1.165) is 22.2 Å². The van der Waals surface area contributed by atoms with Gasteiger partial charge in [-0.3, -0.25) is 4.79 Å². The number of carbonyl (C=O) groups is 1. The number of benzene rings is 2. The molecule has 0 radical (unpaired) electrons. The van der Waals surface area contributed by atoms with Gasteiger partial charge in [-0.15, -0.1) is 0 Å². The van der Waals surface area contributed by atoms with Gasteiger partial charge in [0.2, 0.25) is 0 Å². The van der Waals surface area contributed by atoms with Crippen LogP contribution in [0, 0.1) is 6.92 Å². The first-order valence-electron chi connectivity index (χ1n) is 6.93. The molecule has 0 unspecified atom stereocenters. The molecule has 0 aliphatic heterocycles. The van der Waals surface area contributed by atoms with Crippen LogP contribution >= 0.6 is 23.2 Å². The zero-order valence-corrected chi connectivity index (χ0v) is 14.0. The predicted octanol–water partition coefficient (Wildman–Crippen LogP) is 5.04. The van der Waals surface area contributed by atoms with E-state index in [1.807, 2.05) is 25.1 Å². The molecule has 3 aromatic rings. The number of carbonyl (C=O) groups excluding carboxylic acids is 1. The van der Waals surface area contributed by atoms with E-state index in [4.69, 9.17) is 27.9 Å². The van der Waals surface area contributed by atoms with Crippen LogP contribution in [0.5, 0.6) is 5.75 Å². The second-order valence-electron chi connectivity index (χ2n) is 5.09. The summed E-state index contributed by atoms with van der Waals surface area (Å²) in [5, 5.41) is 4.47. The number of amides is 1. The molecule has 0 atom stereocenters. The summed E-state index contributed by atoms with van der Waals surface area (Å²) < 4.78 is 5.22. The summed E-state index contributed by atoms with van der Waals surface area (Å²) >= 11 is 12.2. The van der Waals surface area contributed by atoms with Crippen molar-refractivity contribution in [2.24, 2.45) is 0 Å². The second kappa shape index (κ2) is 6.14. The molecule has 23 heavy (non-hydrogen) atoms. The van der Waals surface area contributed by atoms with E-state index in [-0.39, 0.29) is 5.91 Å². The molecule has 0 saturated carbocycles. The van der Waals surface area contributed by atoms with E-state index in [1.54, 1.807) is 25.3 Å². The third-order valence-electron chi connectivity index (χ3n) is 3.69. The lowest BCUT2D eigenvalue weighted by atomic mass is 10.1. The molecule has 1 amide bonds. The van der Waals surface area contributed by atoms with Crippen molar-refractivity contribution in [3.63, 3.8) is 0 Å². The van der Waals surface area contributed by atoms with E-state index in [2.05, 4.69) is 10.3 Å². The lowest BCUT2D eigenvalue weighted by Gasteiger charge is -2.08. The third-order valence-corrected chi connectivity index (χ3v) is 4.32. The number of H-pyrrole nitrogens is 1. The number of aromatic amines is 1. The van der Waals surface area contributed by atoms with Gasteiger partial charge >= 0.3 is 0 Å². The molecule has 0 spiro atoms. The molecule has 0 aliphatic carbocycles. The minimum Gasteiger partial charge on any atom is -0.497 e. The van der Waals surface area contributed by atoms with E-state index in [0.29, 0.717) is 21.4 Å². The van der Waals surface area contributed by atoms with Crippen molar-refractivity contribution in [2.75, 3.05) is 12.4 Å². The van der Waals surface area contributed by atoms with Crippen LogP contribution in [0.2, 0.25) is 10.0 Å². The van der Waals surface area contributed by atoms with Gasteiger partial charge in [0.15, 0.2) is 0 Å². The minimum atomic E-state index is -0.298. The van der Waals surface area contributed by atoms with Gasteiger partial charge in [-0.1, -0.05) is 29.3 Å². The van der Waals surface area contributed by atoms with Gasteiger partial charge in [0.1, 0.15) is 11.4 Å². The van der Waals surface area contributed by atoms with Crippen molar-refractivity contribution < 1.29 is 9.53 Å². The molecule has 0 saturated heterocycles. The number of anilines is 1. The summed E-state index contributed by atoms with van der Waals surface area (Å²) in [7, 11) is 1.61. The predicted molar refractivity (Wildman–Crippen MR) is 94.0 cm³/mol. The maximum absolute atomic E-state index is 12.6. The summed E-state index contributed by atoms with van der Waals surface area (Å²) in [4.78, 5) is 15.7. The highest BCUT2D eigenvalue weighted by atomic mass is 35.5. The van der Waals surface area contributed by atoms with Crippen molar-refractivity contribution in [2.45, 2.75) is 6.92 Å². The smallest absolute Gasteiger partial charge is 0.272 e. The van der Waals surface area contributed by atoms with Crippen LogP contribution in [0.25, 0.3) is 10.9 Å². The molecule has 1 heterocycles. The normalized spacial score (nSPS) is 10.8. The number of halogens is 2. The maximum Gasteiger partial charge on any atom is 0.272 e. The average molecular weight is 349 g/mol. The molecular weight excluding hydrogens is 335 g/mol. The third kappa shape index (κ3) is 2.87. The molecule has 1 aromatic heterocycles. The van der Waals surface area contributed by atoms with Gasteiger partial charge in [-0.2, -0.15) is 0 Å². The Morgan fingerprint density at radius 3 is 2.52 bits per heavy atom. The molecule has 118 valence electrons. The summed E-state index contributed by atoms with van der Waals surface area (Å²) in [5.74, 6) is 0.438. The Hall–Kier alpha value is -2.17. The number of fused-ring (bicyclic) bond motifs is 1. The highest BCUT2D eigenvalue weighted by Gasteiger charge is 2.17. The fourth-order valence-electron chi connectivity index (χ4n) is 2.45. The summed E-state index contributed by atoms with van der Waals surface area (Å²) in [6, 6.07) is 10.7. The van der Waals surface area contributed by atoms with Gasteiger partial charge in [-0.25, -0.2) is 0 Å². The Labute approximate surface area is 143 Å². The lowest BCUT2D eigenvalue weighted by molar-refractivity contribution is 0.102. The number of methoxy groups -OCH3 is 1. The number of aromatic nitrogens is 1. The van der Waals surface area contributed by atoms with Crippen molar-refractivity contribution in [3.05, 3.63) is 57.7 Å². The van der Waals surface area contributed by atoms with Gasteiger partial charge in [0.05, 0.1) is 22.8 Å². The van der Waals surface area contributed by atoms with Crippen molar-refractivity contribution >= 4 is 45.7 Å². The highest BCUT2D eigenvalue weighted by molar-refractivity contribution is 6.40. The number of aryl methyl sites for hydroxylation is 1. The molecule has 6 heteroatoms. The molecule has 0 bridgehead atoms. The van der Waals surface area contributed by atoms with Crippen LogP contribution in [0.4, 0.5) is 5.69 Å². The maximum atomic E-state index is 12.6. The highest BCUT2D eigenvalue weighted by Crippen LogP contribution is 2.31. The largest absolute Gasteiger partial charge is 0.497 e. The van der Waals surface area contributed by atoms with Gasteiger partial charge in [0.25, 0.3) is 5.91 Å². The van der Waals surface area contributed by atoms with E-state index < -0.39 is 0 Å². The van der Waals surface area contributed by atoms with Crippen LogP contribution in [-0.4, -0.2) is 18.0 Å². The Morgan fingerprint density at radius 2 is 1.87 bits per heavy atom. The minimum absolute atomic E-state index is 0.298. The second-order valence-corrected chi connectivity index (χ2v) is 5.90. The Kier molecular flexibility index (Phi) is 4.20. The first-order chi connectivity index (χ1) is 11.0. The van der Waals surface area contributed by atoms with Crippen LogP contribution in [0.3, 0.4) is 0 Å². The Morgan fingerprint density at radius 1 is 1.17 bits per heavy atom. The number of hydrogen-bond acceptors (Lipinski definition) is 2. The SMILES string of the molecule is COc1ccc2[nH]c(C(=O)Nc3c(Cl)cccc3Cl)c(C)c2c1. The molecule has 2 N–H and O–H groups in total. The molecule has 0 aliphatic rings. The summed E-state index contributed by atoms with van der Waals surface area (Å²) in [6.07, 6.45) is 0. The van der Waals surface area contributed by atoms with E-state index >= 15 is 0 Å². The Bertz CT molecular complexity index is 883. The van der Waals surface area contributed by atoms with Crippen LogP contribution in [-0.2, 0) is 0 Å². The molecule has 3 rings (SSSR count). The van der Waals surface area contributed by atoms with E-state index in [1.165, 1.54) is 0 Å². The summed E-state index contributed by atoms with van der Waals surface area (Å²) in [6.45, 7) is 1.88. The zero-order valence-electron chi connectivity index (χ0n) is 12.5. The number of hydrogen-bond donors (Lipinski definition) is 2. The van der Waals surface area contributed by atoms with Crippen molar-refractivity contribution in [1.82, 2.24) is 4.98 Å². The Balaban J connectivity index is 2.00. The summed E-state index contributed by atoms with van der Waals surface area (Å²) in [5.41, 5.74) is 2.55. The average Bonchev–Trinajstić information content (AvgIpc) is 2.87. The number of rotatable bonds is 3. The molecular formula is C17H14Cl2N2O2. The molecule has 0 fully saturated rings. The fraction of sp³-hybridized carbons (Fsp3) is 0.118. The van der Waals surface area contributed by atoms with Crippen LogP contribution in [0.1, 0.15) is 16.1 Å². The number of ether oxygens (including phenoxy) is 1. The van der Waals surface area contributed by atoms with Crippen molar-refractivity contribution in [1.29, 1.82) is 0 Å². The quantitative estimate of drug-likeness (QED) is 0.696. The van der Waals surface area contributed by atoms with Crippen LogP contribution in [0.15, 0.2) is 36.4 Å².